The molecule has 0 saturated carbocycles. The van der Waals surface area contributed by atoms with E-state index in [1.165, 1.54) is 0 Å². The summed E-state index contributed by atoms with van der Waals surface area (Å²) in [5, 5.41) is 4.21. The van der Waals surface area contributed by atoms with Gasteiger partial charge in [0.15, 0.2) is 0 Å². The fourth-order valence-corrected chi connectivity index (χ4v) is 2.66. The summed E-state index contributed by atoms with van der Waals surface area (Å²) in [6.07, 6.45) is 5.48. The molecule has 0 amide bonds. The van der Waals surface area contributed by atoms with Gasteiger partial charge in [0.1, 0.15) is 0 Å². The van der Waals surface area contributed by atoms with E-state index in [0.717, 1.165) is 18.4 Å². The van der Waals surface area contributed by atoms with E-state index in [9.17, 15) is 0 Å². The predicted molar refractivity (Wildman–Crippen MR) is 67.7 cm³/mol. The third-order valence-electron chi connectivity index (χ3n) is 3.52. The summed E-state index contributed by atoms with van der Waals surface area (Å²) >= 11 is 0. The highest BCUT2D eigenvalue weighted by atomic mass is 16.5. The molecule has 6 nitrogen and oxygen atoms in total. The second kappa shape index (κ2) is 5.79. The molecular weight excluding hydrogens is 232 g/mol. The third kappa shape index (κ3) is 2.56. The van der Waals surface area contributed by atoms with Gasteiger partial charge in [-0.15, -0.1) is 0 Å². The van der Waals surface area contributed by atoms with E-state index < -0.39 is 0 Å². The van der Waals surface area contributed by atoms with Crippen LogP contribution in [-0.2, 0) is 16.5 Å². The van der Waals surface area contributed by atoms with Crippen molar-refractivity contribution in [3.63, 3.8) is 0 Å². The Morgan fingerprint density at radius 1 is 1.61 bits per heavy atom. The van der Waals surface area contributed by atoms with Crippen molar-refractivity contribution in [1.29, 1.82) is 0 Å². The van der Waals surface area contributed by atoms with Gasteiger partial charge in [-0.3, -0.25) is 10.5 Å². The van der Waals surface area contributed by atoms with E-state index >= 15 is 0 Å². The van der Waals surface area contributed by atoms with Gasteiger partial charge >= 0.3 is 0 Å². The van der Waals surface area contributed by atoms with Crippen LogP contribution in [0, 0.1) is 0 Å². The average molecular weight is 254 g/mol. The van der Waals surface area contributed by atoms with Gasteiger partial charge in [-0.2, -0.15) is 5.10 Å². The molecule has 1 saturated heterocycles. The molecule has 0 bridgehead atoms. The number of nitrogens with zero attached hydrogens (tertiary/aromatic N) is 2. The Hall–Kier alpha value is -0.950. The van der Waals surface area contributed by atoms with Crippen LogP contribution in [0.2, 0.25) is 0 Å². The maximum absolute atomic E-state index is 6.03. The lowest BCUT2D eigenvalue weighted by Gasteiger charge is -2.42. The van der Waals surface area contributed by atoms with Crippen LogP contribution in [0.5, 0.6) is 0 Å². The highest BCUT2D eigenvalue weighted by molar-refractivity contribution is 5.16. The van der Waals surface area contributed by atoms with Crippen LogP contribution in [0.4, 0.5) is 0 Å². The van der Waals surface area contributed by atoms with Crippen LogP contribution in [0.3, 0.4) is 0 Å². The number of ether oxygens (including phenoxy) is 2. The van der Waals surface area contributed by atoms with Gasteiger partial charge < -0.3 is 9.47 Å². The lowest BCUT2D eigenvalue weighted by atomic mass is 9.83. The number of hydrazine groups is 1. The molecular formula is C12H22N4O2. The number of nitrogens with two attached hydrogens (primary N) is 1. The molecule has 102 valence electrons. The number of rotatable bonds is 5. The smallest absolute Gasteiger partial charge is 0.0933 e. The van der Waals surface area contributed by atoms with E-state index in [4.69, 9.17) is 15.3 Å². The monoisotopic (exact) mass is 254 g/mol. The van der Waals surface area contributed by atoms with Gasteiger partial charge in [-0.05, 0) is 6.92 Å². The molecule has 2 rings (SSSR count). The molecule has 1 aromatic heterocycles. The zero-order valence-electron chi connectivity index (χ0n) is 11.1. The van der Waals surface area contributed by atoms with Crippen molar-refractivity contribution >= 4 is 0 Å². The minimum Gasteiger partial charge on any atom is -0.381 e. The van der Waals surface area contributed by atoms with Crippen molar-refractivity contribution in [2.45, 2.75) is 31.4 Å². The molecule has 1 fully saturated rings. The van der Waals surface area contributed by atoms with Crippen molar-refractivity contribution in [3.8, 4) is 0 Å². The van der Waals surface area contributed by atoms with Crippen LogP contribution in [-0.4, -0.2) is 35.2 Å². The highest BCUT2D eigenvalue weighted by Gasteiger charge is 2.42. The Bertz CT molecular complexity index is 368. The molecule has 0 aliphatic carbocycles. The summed E-state index contributed by atoms with van der Waals surface area (Å²) in [4.78, 5) is 0. The number of hydrogen-bond donors (Lipinski definition) is 2. The van der Waals surface area contributed by atoms with E-state index in [1.54, 1.807) is 4.68 Å². The zero-order valence-corrected chi connectivity index (χ0v) is 11.1. The molecule has 1 atom stereocenters. The van der Waals surface area contributed by atoms with Crippen molar-refractivity contribution in [1.82, 2.24) is 15.2 Å². The number of hydrogen-bond acceptors (Lipinski definition) is 5. The van der Waals surface area contributed by atoms with E-state index in [2.05, 4.69) is 10.5 Å². The summed E-state index contributed by atoms with van der Waals surface area (Å²) in [6, 6.07) is -0.0601. The SMILES string of the molecule is CCOC1(C(NN)c2cnn(C)c2)CCOCC1. The van der Waals surface area contributed by atoms with Crippen LogP contribution >= 0.6 is 0 Å². The number of nitrogens with one attached hydrogen (secondary N) is 1. The maximum atomic E-state index is 6.03. The molecule has 0 radical (unpaired) electrons. The largest absolute Gasteiger partial charge is 0.381 e. The Kier molecular flexibility index (Phi) is 4.34. The molecule has 1 aliphatic heterocycles. The first-order chi connectivity index (χ1) is 8.72. The second-order valence-electron chi connectivity index (χ2n) is 4.66. The summed E-state index contributed by atoms with van der Waals surface area (Å²) in [5.41, 5.74) is 3.64. The van der Waals surface area contributed by atoms with Gasteiger partial charge in [0.25, 0.3) is 0 Å². The molecule has 1 aliphatic rings. The maximum Gasteiger partial charge on any atom is 0.0933 e. The Morgan fingerprint density at radius 3 is 2.83 bits per heavy atom. The van der Waals surface area contributed by atoms with Crippen molar-refractivity contribution < 1.29 is 9.47 Å². The average Bonchev–Trinajstić information content (AvgIpc) is 2.78. The first-order valence-electron chi connectivity index (χ1n) is 6.38. The molecule has 3 N–H and O–H groups in total. The summed E-state index contributed by atoms with van der Waals surface area (Å²) in [6.45, 7) is 4.09. The molecule has 0 aromatic carbocycles. The summed E-state index contributed by atoms with van der Waals surface area (Å²) in [7, 11) is 1.90. The van der Waals surface area contributed by atoms with Gasteiger partial charge in [-0.25, -0.2) is 5.43 Å². The molecule has 2 heterocycles. The molecule has 0 spiro atoms. The molecule has 1 unspecified atom stereocenters. The van der Waals surface area contributed by atoms with E-state index in [-0.39, 0.29) is 11.6 Å². The standard InChI is InChI=1S/C12H22N4O2/c1-3-18-12(4-6-17-7-5-12)11(15-13)10-8-14-16(2)9-10/h8-9,11,15H,3-7,13H2,1-2H3. The van der Waals surface area contributed by atoms with E-state index in [0.29, 0.717) is 19.8 Å². The predicted octanol–water partition coefficient (Wildman–Crippen LogP) is 0.510. The van der Waals surface area contributed by atoms with Crippen LogP contribution in [0.15, 0.2) is 12.4 Å². The van der Waals surface area contributed by atoms with E-state index in [1.807, 2.05) is 26.4 Å². The first-order valence-corrected chi connectivity index (χ1v) is 6.38. The Balaban J connectivity index is 2.26. The zero-order chi connectivity index (χ0) is 13.0. The Morgan fingerprint density at radius 2 is 2.33 bits per heavy atom. The van der Waals surface area contributed by atoms with Gasteiger partial charge in [0, 0.05) is 51.5 Å². The molecule has 1 aromatic rings. The summed E-state index contributed by atoms with van der Waals surface area (Å²) < 4.78 is 13.2. The lowest BCUT2D eigenvalue weighted by molar-refractivity contribution is -0.128. The topological polar surface area (TPSA) is 74.3 Å². The van der Waals surface area contributed by atoms with Gasteiger partial charge in [0.2, 0.25) is 0 Å². The third-order valence-corrected chi connectivity index (χ3v) is 3.52. The Labute approximate surface area is 107 Å². The van der Waals surface area contributed by atoms with Gasteiger partial charge in [-0.1, -0.05) is 0 Å². The van der Waals surface area contributed by atoms with Crippen molar-refractivity contribution in [2.24, 2.45) is 12.9 Å². The van der Waals surface area contributed by atoms with Crippen LogP contribution < -0.4 is 11.3 Å². The number of aromatic nitrogens is 2. The van der Waals surface area contributed by atoms with Crippen LogP contribution in [0.25, 0.3) is 0 Å². The van der Waals surface area contributed by atoms with Gasteiger partial charge in [0.05, 0.1) is 17.8 Å². The molecule has 6 heteroatoms. The molecule has 18 heavy (non-hydrogen) atoms. The quantitative estimate of drug-likeness (QED) is 0.591. The summed E-state index contributed by atoms with van der Waals surface area (Å²) in [5.74, 6) is 5.75. The minimum atomic E-state index is -0.301. The highest BCUT2D eigenvalue weighted by Crippen LogP contribution is 2.37. The second-order valence-corrected chi connectivity index (χ2v) is 4.66. The number of aryl methyl sites for hydroxylation is 1. The van der Waals surface area contributed by atoms with Crippen molar-refractivity contribution in [3.05, 3.63) is 18.0 Å². The first kappa shape index (κ1) is 13.5. The minimum absolute atomic E-state index is 0.0601. The fraction of sp³-hybridized carbons (Fsp3) is 0.750. The van der Waals surface area contributed by atoms with Crippen molar-refractivity contribution in [2.75, 3.05) is 19.8 Å². The van der Waals surface area contributed by atoms with Crippen LogP contribution in [0.1, 0.15) is 31.4 Å². The normalized spacial score (nSPS) is 20.8. The lowest BCUT2D eigenvalue weighted by Crippen LogP contribution is -2.51. The fourth-order valence-electron chi connectivity index (χ4n) is 2.66.